The Labute approximate surface area is 188 Å². The molecule has 0 saturated carbocycles. The molecule has 10 heteroatoms. The molecule has 1 aromatic carbocycles. The van der Waals surface area contributed by atoms with Crippen LogP contribution in [0.4, 0.5) is 11.4 Å². The SMILES string of the molecule is CN1CCC1CN(c1cnn(C)c1)S(=O)(=O)/N=C(\[O-])Nc1c2c(cc3c1CCC3)CCC2. The molecule has 1 atom stereocenters. The number of nitrogens with one attached hydrogen (secondary N) is 1. The van der Waals surface area contributed by atoms with Gasteiger partial charge < -0.3 is 15.3 Å². The first-order valence-corrected chi connectivity index (χ1v) is 12.6. The predicted octanol–water partition coefficient (Wildman–Crippen LogP) is 0.981. The Hall–Kier alpha value is -2.59. The second-order valence-electron chi connectivity index (χ2n) is 9.06. The molecule has 3 aliphatic rings. The van der Waals surface area contributed by atoms with E-state index in [0.717, 1.165) is 68.3 Å². The molecule has 0 radical (unpaired) electrons. The lowest BCUT2D eigenvalue weighted by Crippen LogP contribution is -2.52. The minimum atomic E-state index is -4.24. The highest BCUT2D eigenvalue weighted by Crippen LogP contribution is 2.38. The number of fused-ring (bicyclic) bond motifs is 2. The first kappa shape index (κ1) is 21.3. The molecule has 2 aromatic rings. The molecule has 172 valence electrons. The third-order valence-corrected chi connectivity index (χ3v) is 8.29. The number of aryl methyl sites for hydroxylation is 3. The number of aromatic nitrogens is 2. The molecule has 5 rings (SSSR count). The van der Waals surface area contributed by atoms with Crippen LogP contribution in [0.25, 0.3) is 0 Å². The molecule has 9 nitrogen and oxygen atoms in total. The van der Waals surface area contributed by atoms with Gasteiger partial charge in [0.25, 0.3) is 0 Å². The number of hydrogen-bond donors (Lipinski definition) is 1. The second kappa shape index (κ2) is 8.08. The Morgan fingerprint density at radius 3 is 2.44 bits per heavy atom. The van der Waals surface area contributed by atoms with E-state index in [1.807, 2.05) is 7.05 Å². The first-order valence-electron chi connectivity index (χ1n) is 11.2. The maximum atomic E-state index is 13.2. The van der Waals surface area contributed by atoms with Crippen LogP contribution < -0.4 is 14.7 Å². The van der Waals surface area contributed by atoms with Crippen LogP contribution in [0.1, 0.15) is 41.5 Å². The van der Waals surface area contributed by atoms with Gasteiger partial charge in [-0.15, -0.1) is 4.40 Å². The van der Waals surface area contributed by atoms with E-state index < -0.39 is 16.2 Å². The van der Waals surface area contributed by atoms with Crippen LogP contribution in [0, 0.1) is 0 Å². The van der Waals surface area contributed by atoms with Gasteiger partial charge in [0.15, 0.2) is 0 Å². The minimum absolute atomic E-state index is 0.0869. The molecule has 0 amide bonds. The van der Waals surface area contributed by atoms with Crippen molar-refractivity contribution in [2.45, 2.75) is 51.0 Å². The Bertz CT molecular complexity index is 1140. The fourth-order valence-corrected chi connectivity index (χ4v) is 6.19. The quantitative estimate of drug-likeness (QED) is 0.512. The lowest BCUT2D eigenvalue weighted by atomic mass is 9.99. The van der Waals surface area contributed by atoms with Gasteiger partial charge in [-0.2, -0.15) is 13.5 Å². The predicted molar refractivity (Wildman–Crippen MR) is 122 cm³/mol. The largest absolute Gasteiger partial charge is 0.845 e. The van der Waals surface area contributed by atoms with Crippen molar-refractivity contribution in [3.8, 4) is 0 Å². The summed E-state index contributed by atoms with van der Waals surface area (Å²) in [6.45, 7) is 1.16. The van der Waals surface area contributed by atoms with E-state index in [9.17, 15) is 13.5 Å². The zero-order chi connectivity index (χ0) is 22.5. The lowest BCUT2D eigenvalue weighted by molar-refractivity contribution is -0.213. The Balaban J connectivity index is 1.45. The van der Waals surface area contributed by atoms with Gasteiger partial charge >= 0.3 is 10.2 Å². The standard InChI is InChI=1S/C22H30N6O3S/c1-26-10-9-17(26)14-28(18-12-23-27(2)13-18)32(30,31)25-22(29)24-21-19-7-3-5-15(19)11-16-6-4-8-20(16)21/h11-13,17H,3-10,14H2,1-2H3,(H2,24,25,29)/p-1. The van der Waals surface area contributed by atoms with Crippen molar-refractivity contribution >= 4 is 27.6 Å². The van der Waals surface area contributed by atoms with E-state index in [1.54, 1.807) is 17.9 Å². The van der Waals surface area contributed by atoms with Gasteiger partial charge in [0.05, 0.1) is 24.5 Å². The van der Waals surface area contributed by atoms with E-state index in [0.29, 0.717) is 5.69 Å². The molecule has 1 fully saturated rings. The zero-order valence-corrected chi connectivity index (χ0v) is 19.4. The Morgan fingerprint density at radius 1 is 1.22 bits per heavy atom. The topological polar surface area (TPSA) is 106 Å². The molecule has 1 unspecified atom stereocenters. The highest BCUT2D eigenvalue weighted by molar-refractivity contribution is 7.91. The van der Waals surface area contributed by atoms with Crippen molar-refractivity contribution in [2.24, 2.45) is 11.4 Å². The van der Waals surface area contributed by atoms with Crippen molar-refractivity contribution in [1.82, 2.24) is 14.7 Å². The van der Waals surface area contributed by atoms with Crippen molar-refractivity contribution in [2.75, 3.05) is 29.8 Å². The zero-order valence-electron chi connectivity index (χ0n) is 18.5. The maximum Gasteiger partial charge on any atom is 0.345 e. The highest BCUT2D eigenvalue weighted by Gasteiger charge is 2.32. The summed E-state index contributed by atoms with van der Waals surface area (Å²) in [6, 6.07) is 1.52. The summed E-state index contributed by atoms with van der Waals surface area (Å²) < 4.78 is 32.9. The van der Waals surface area contributed by atoms with Crippen LogP contribution in [0.15, 0.2) is 22.9 Å². The van der Waals surface area contributed by atoms with E-state index in [2.05, 4.69) is 25.8 Å². The third kappa shape index (κ3) is 3.86. The molecule has 1 aliphatic heterocycles. The smallest absolute Gasteiger partial charge is 0.345 e. The summed E-state index contributed by atoms with van der Waals surface area (Å²) >= 11 is 0. The number of anilines is 2. The molecule has 1 aromatic heterocycles. The first-order chi connectivity index (χ1) is 15.3. The summed E-state index contributed by atoms with van der Waals surface area (Å²) in [6.07, 6.45) is 9.94. The van der Waals surface area contributed by atoms with Crippen LogP contribution in [-0.4, -0.2) is 55.3 Å². The molecular formula is C22H29N6O3S-. The highest BCUT2D eigenvalue weighted by atomic mass is 32.2. The number of amidine groups is 1. The van der Waals surface area contributed by atoms with E-state index >= 15 is 0 Å². The molecule has 1 N–H and O–H groups in total. The van der Waals surface area contributed by atoms with Gasteiger partial charge in [-0.25, -0.2) is 4.31 Å². The number of rotatable bonds is 6. The average Bonchev–Trinajstić information content (AvgIpc) is 3.47. The normalized spacial score (nSPS) is 20.7. The van der Waals surface area contributed by atoms with Gasteiger partial charge in [0.2, 0.25) is 0 Å². The monoisotopic (exact) mass is 457 g/mol. The summed E-state index contributed by atoms with van der Waals surface area (Å²) in [4.78, 5) is 2.09. The second-order valence-corrected chi connectivity index (χ2v) is 10.6. The molecule has 2 aliphatic carbocycles. The lowest BCUT2D eigenvalue weighted by Gasteiger charge is -2.40. The van der Waals surface area contributed by atoms with Gasteiger partial charge in [0.1, 0.15) is 0 Å². The summed E-state index contributed by atoms with van der Waals surface area (Å²) in [5.74, 6) is 0. The van der Waals surface area contributed by atoms with E-state index in [1.165, 1.54) is 21.6 Å². The van der Waals surface area contributed by atoms with E-state index in [4.69, 9.17) is 0 Å². The summed E-state index contributed by atoms with van der Waals surface area (Å²) in [7, 11) is -0.551. The third-order valence-electron chi connectivity index (χ3n) is 6.98. The average molecular weight is 458 g/mol. The fraction of sp³-hybridized carbons (Fsp3) is 0.545. The van der Waals surface area contributed by atoms with Crippen LogP contribution in [0.2, 0.25) is 0 Å². The molecular weight excluding hydrogens is 428 g/mol. The van der Waals surface area contributed by atoms with Gasteiger partial charge in [0, 0.05) is 25.0 Å². The van der Waals surface area contributed by atoms with Crippen molar-refractivity contribution in [3.63, 3.8) is 0 Å². The van der Waals surface area contributed by atoms with Crippen molar-refractivity contribution in [1.29, 1.82) is 0 Å². The number of benzene rings is 1. The Morgan fingerprint density at radius 2 is 1.91 bits per heavy atom. The number of hydrogen-bond acceptors (Lipinski definition) is 5. The van der Waals surface area contributed by atoms with Crippen molar-refractivity contribution < 1.29 is 13.5 Å². The molecule has 2 heterocycles. The van der Waals surface area contributed by atoms with Crippen LogP contribution >= 0.6 is 0 Å². The van der Waals surface area contributed by atoms with Crippen LogP contribution in [0.3, 0.4) is 0 Å². The number of nitrogens with zero attached hydrogens (tertiary/aromatic N) is 5. The number of likely N-dealkylation sites (tertiary alicyclic amines) is 1. The van der Waals surface area contributed by atoms with E-state index in [-0.39, 0.29) is 12.6 Å². The fourth-order valence-electron chi connectivity index (χ4n) is 5.11. The maximum absolute atomic E-state index is 13.2. The Kier molecular flexibility index (Phi) is 5.37. The summed E-state index contributed by atoms with van der Waals surface area (Å²) in [5.41, 5.74) is 6.04. The van der Waals surface area contributed by atoms with Gasteiger partial charge in [-0.3, -0.25) is 4.68 Å². The van der Waals surface area contributed by atoms with Crippen LogP contribution in [0.5, 0.6) is 0 Å². The summed E-state index contributed by atoms with van der Waals surface area (Å²) in [5, 5.41) is 19.8. The molecule has 32 heavy (non-hydrogen) atoms. The molecule has 0 bridgehead atoms. The van der Waals surface area contributed by atoms with Gasteiger partial charge in [-0.05, 0) is 80.8 Å². The molecule has 0 spiro atoms. The van der Waals surface area contributed by atoms with Crippen LogP contribution in [-0.2, 0) is 42.9 Å². The van der Waals surface area contributed by atoms with Crippen molar-refractivity contribution in [3.05, 3.63) is 40.7 Å². The number of likely N-dealkylation sites (N-methyl/N-ethyl adjacent to an activating group) is 1. The minimum Gasteiger partial charge on any atom is -0.845 e. The van der Waals surface area contributed by atoms with Gasteiger partial charge in [-0.1, -0.05) is 6.07 Å². The molecule has 1 saturated heterocycles.